The van der Waals surface area contributed by atoms with Crippen LogP contribution >= 0.6 is 0 Å². The fourth-order valence-corrected chi connectivity index (χ4v) is 2.99. The summed E-state index contributed by atoms with van der Waals surface area (Å²) in [6, 6.07) is 13.7. The zero-order valence-corrected chi connectivity index (χ0v) is 15.1. The van der Waals surface area contributed by atoms with Gasteiger partial charge in [0.2, 0.25) is 0 Å². The van der Waals surface area contributed by atoms with Crippen LogP contribution in [-0.2, 0) is 18.9 Å². The van der Waals surface area contributed by atoms with Gasteiger partial charge in [0, 0.05) is 0 Å². The van der Waals surface area contributed by atoms with Crippen LogP contribution < -0.4 is 5.56 Å². The number of hydrogen-bond acceptors (Lipinski definition) is 2. The van der Waals surface area contributed by atoms with Crippen LogP contribution in [0.5, 0.6) is 0 Å². The second kappa shape index (κ2) is 7.71. The molecule has 3 aromatic rings. The van der Waals surface area contributed by atoms with Crippen molar-refractivity contribution in [3.05, 3.63) is 93.3 Å². The van der Waals surface area contributed by atoms with Crippen molar-refractivity contribution < 1.29 is 26.3 Å². The molecule has 0 saturated carbocycles. The standard InChI is InChI=1S/C21H12F6N2O/c22-20(23,24)15-8-4-7-14(9-15)18-10-17(21(25,26)27)16(11-28)19(30)29(18)12-13-5-2-1-3-6-13/h1-10H,12H2. The highest BCUT2D eigenvalue weighted by Crippen LogP contribution is 2.36. The van der Waals surface area contributed by atoms with Gasteiger partial charge in [-0.05, 0) is 29.3 Å². The van der Waals surface area contributed by atoms with Crippen LogP contribution in [0.2, 0.25) is 0 Å². The molecule has 3 nitrogen and oxygen atoms in total. The van der Waals surface area contributed by atoms with Gasteiger partial charge in [-0.3, -0.25) is 4.79 Å². The zero-order valence-electron chi connectivity index (χ0n) is 15.1. The van der Waals surface area contributed by atoms with E-state index in [0.717, 1.165) is 16.7 Å². The summed E-state index contributed by atoms with van der Waals surface area (Å²) >= 11 is 0. The highest BCUT2D eigenvalue weighted by atomic mass is 19.4. The molecule has 3 rings (SSSR count). The van der Waals surface area contributed by atoms with Gasteiger partial charge in [-0.2, -0.15) is 31.6 Å². The Morgan fingerprint density at radius 2 is 1.53 bits per heavy atom. The average Bonchev–Trinajstić information content (AvgIpc) is 2.68. The van der Waals surface area contributed by atoms with Crippen molar-refractivity contribution in [2.45, 2.75) is 18.9 Å². The van der Waals surface area contributed by atoms with E-state index in [4.69, 9.17) is 5.26 Å². The lowest BCUT2D eigenvalue weighted by Crippen LogP contribution is -2.28. The monoisotopic (exact) mass is 422 g/mol. The summed E-state index contributed by atoms with van der Waals surface area (Å²) < 4.78 is 80.6. The smallest absolute Gasteiger partial charge is 0.303 e. The van der Waals surface area contributed by atoms with Gasteiger partial charge in [-0.25, -0.2) is 0 Å². The fraction of sp³-hybridized carbons (Fsp3) is 0.143. The number of hydrogen-bond donors (Lipinski definition) is 0. The van der Waals surface area contributed by atoms with E-state index in [1.807, 2.05) is 0 Å². The summed E-state index contributed by atoms with van der Waals surface area (Å²) in [6.45, 7) is -0.224. The second-order valence-electron chi connectivity index (χ2n) is 6.38. The van der Waals surface area contributed by atoms with Gasteiger partial charge >= 0.3 is 12.4 Å². The molecular weight excluding hydrogens is 410 g/mol. The topological polar surface area (TPSA) is 45.8 Å². The van der Waals surface area contributed by atoms with Crippen LogP contribution in [0.4, 0.5) is 26.3 Å². The SMILES string of the molecule is N#Cc1c(C(F)(F)F)cc(-c2cccc(C(F)(F)F)c2)n(Cc2ccccc2)c1=O. The Morgan fingerprint density at radius 3 is 2.10 bits per heavy atom. The number of alkyl halides is 6. The molecule has 0 radical (unpaired) electrons. The lowest BCUT2D eigenvalue weighted by molar-refractivity contribution is -0.138. The van der Waals surface area contributed by atoms with Gasteiger partial charge < -0.3 is 4.57 Å². The zero-order chi connectivity index (χ0) is 22.1. The molecule has 1 heterocycles. The van der Waals surface area contributed by atoms with Gasteiger partial charge in [0.1, 0.15) is 11.6 Å². The Hall–Kier alpha value is -3.54. The molecular formula is C21H12F6N2O. The van der Waals surface area contributed by atoms with Crippen molar-refractivity contribution in [2.24, 2.45) is 0 Å². The first-order valence-corrected chi connectivity index (χ1v) is 8.49. The average molecular weight is 422 g/mol. The van der Waals surface area contributed by atoms with Crippen molar-refractivity contribution >= 4 is 0 Å². The van der Waals surface area contributed by atoms with E-state index in [2.05, 4.69) is 0 Å². The molecule has 2 aromatic carbocycles. The largest absolute Gasteiger partial charge is 0.417 e. The highest BCUT2D eigenvalue weighted by molar-refractivity contribution is 5.64. The molecule has 0 aliphatic carbocycles. The number of nitrogens with zero attached hydrogens (tertiary/aromatic N) is 2. The number of pyridine rings is 1. The van der Waals surface area contributed by atoms with Crippen LogP contribution in [0.15, 0.2) is 65.5 Å². The Bertz CT molecular complexity index is 1170. The summed E-state index contributed by atoms with van der Waals surface area (Å²) in [4.78, 5) is 12.8. The maximum atomic E-state index is 13.5. The summed E-state index contributed by atoms with van der Waals surface area (Å²) in [5.74, 6) is 0. The van der Waals surface area contributed by atoms with Crippen molar-refractivity contribution in [3.8, 4) is 17.3 Å². The number of rotatable bonds is 3. The predicted molar refractivity (Wildman–Crippen MR) is 96.4 cm³/mol. The van der Waals surface area contributed by atoms with E-state index < -0.39 is 34.6 Å². The Morgan fingerprint density at radius 1 is 0.867 bits per heavy atom. The van der Waals surface area contributed by atoms with Gasteiger partial charge in [0.15, 0.2) is 0 Å². The first-order valence-electron chi connectivity index (χ1n) is 8.49. The Labute approximate surface area is 166 Å². The molecule has 154 valence electrons. The highest BCUT2D eigenvalue weighted by Gasteiger charge is 2.37. The van der Waals surface area contributed by atoms with E-state index in [-0.39, 0.29) is 17.8 Å². The normalized spacial score (nSPS) is 11.9. The maximum Gasteiger partial charge on any atom is 0.417 e. The van der Waals surface area contributed by atoms with Crippen LogP contribution in [0, 0.1) is 11.3 Å². The summed E-state index contributed by atoms with van der Waals surface area (Å²) in [5, 5.41) is 9.15. The van der Waals surface area contributed by atoms with E-state index in [1.54, 1.807) is 30.3 Å². The van der Waals surface area contributed by atoms with Crippen LogP contribution in [0.3, 0.4) is 0 Å². The van der Waals surface area contributed by atoms with E-state index in [0.29, 0.717) is 17.7 Å². The summed E-state index contributed by atoms with van der Waals surface area (Å²) in [5.41, 5.74) is -4.99. The fourth-order valence-electron chi connectivity index (χ4n) is 2.99. The van der Waals surface area contributed by atoms with Gasteiger partial charge in [0.05, 0.1) is 23.4 Å². The maximum absolute atomic E-state index is 13.5. The minimum Gasteiger partial charge on any atom is -0.303 e. The third kappa shape index (κ3) is 4.22. The molecule has 0 saturated heterocycles. The number of nitriles is 1. The van der Waals surface area contributed by atoms with E-state index >= 15 is 0 Å². The van der Waals surface area contributed by atoms with Crippen molar-refractivity contribution in [3.63, 3.8) is 0 Å². The van der Waals surface area contributed by atoms with Crippen LogP contribution in [-0.4, -0.2) is 4.57 Å². The predicted octanol–water partition coefficient (Wildman–Crippen LogP) is 5.47. The minimum absolute atomic E-state index is 0.224. The lowest BCUT2D eigenvalue weighted by atomic mass is 10.0. The van der Waals surface area contributed by atoms with Gasteiger partial charge in [-0.15, -0.1) is 0 Å². The van der Waals surface area contributed by atoms with Gasteiger partial charge in [-0.1, -0.05) is 42.5 Å². The van der Waals surface area contributed by atoms with E-state index in [1.165, 1.54) is 12.1 Å². The third-order valence-corrected chi connectivity index (χ3v) is 4.39. The summed E-state index contributed by atoms with van der Waals surface area (Å²) in [7, 11) is 0. The van der Waals surface area contributed by atoms with Gasteiger partial charge in [0.25, 0.3) is 5.56 Å². The second-order valence-corrected chi connectivity index (χ2v) is 6.38. The molecule has 0 fully saturated rings. The molecule has 0 amide bonds. The molecule has 0 N–H and O–H groups in total. The molecule has 0 aliphatic heterocycles. The van der Waals surface area contributed by atoms with Crippen LogP contribution in [0.1, 0.15) is 22.3 Å². The minimum atomic E-state index is -5.04. The quantitative estimate of drug-likeness (QED) is 0.526. The molecule has 1 aromatic heterocycles. The third-order valence-electron chi connectivity index (χ3n) is 4.39. The number of aromatic nitrogens is 1. The van der Waals surface area contributed by atoms with Crippen LogP contribution in [0.25, 0.3) is 11.3 Å². The van der Waals surface area contributed by atoms with Crippen molar-refractivity contribution in [1.82, 2.24) is 4.57 Å². The van der Waals surface area contributed by atoms with E-state index in [9.17, 15) is 31.1 Å². The molecule has 0 spiro atoms. The van der Waals surface area contributed by atoms with Crippen molar-refractivity contribution in [1.29, 1.82) is 5.26 Å². The molecule has 0 atom stereocenters. The molecule has 0 aliphatic rings. The molecule has 0 bridgehead atoms. The molecule has 30 heavy (non-hydrogen) atoms. The Kier molecular flexibility index (Phi) is 5.44. The first-order chi connectivity index (χ1) is 14.0. The first kappa shape index (κ1) is 21.2. The molecule has 0 unspecified atom stereocenters. The molecule has 9 heteroatoms. The summed E-state index contributed by atoms with van der Waals surface area (Å²) in [6.07, 6.45) is -9.76. The number of halogens is 6. The lowest BCUT2D eigenvalue weighted by Gasteiger charge is -2.18. The Balaban J connectivity index is 2.33. The van der Waals surface area contributed by atoms with Crippen molar-refractivity contribution in [2.75, 3.05) is 0 Å². The number of benzene rings is 2.